The topological polar surface area (TPSA) is 43.4 Å². The molecule has 0 fully saturated rings. The first-order chi connectivity index (χ1) is 9.72. The minimum Gasteiger partial charge on any atom is -0.494 e. The number of anilines is 1. The van der Waals surface area contributed by atoms with Crippen molar-refractivity contribution in [1.82, 2.24) is 4.98 Å². The average Bonchev–Trinajstić information content (AvgIpc) is 2.85. The summed E-state index contributed by atoms with van der Waals surface area (Å²) in [4.78, 5) is 5.09. The second-order valence-corrected chi connectivity index (χ2v) is 5.65. The minimum atomic E-state index is 0.551. The van der Waals surface area contributed by atoms with E-state index in [-0.39, 0.29) is 0 Å². The van der Waals surface area contributed by atoms with Gasteiger partial charge in [-0.15, -0.1) is 11.3 Å². The van der Waals surface area contributed by atoms with Crippen molar-refractivity contribution in [2.45, 2.75) is 20.4 Å². The van der Waals surface area contributed by atoms with Gasteiger partial charge in [-0.2, -0.15) is 0 Å². The van der Waals surface area contributed by atoms with Gasteiger partial charge >= 0.3 is 0 Å². The monoisotopic (exact) mass is 312 g/mol. The Bertz CT molecular complexity index is 560. The third-order valence-corrected chi connectivity index (χ3v) is 3.66. The predicted octanol–water partition coefficient (Wildman–Crippen LogP) is 4.21. The number of nitrogens with zero attached hydrogens (tertiary/aromatic N) is 1. The summed E-state index contributed by atoms with van der Waals surface area (Å²) in [6.45, 7) is 5.83. The fourth-order valence-corrected chi connectivity index (χ4v) is 2.65. The summed E-state index contributed by atoms with van der Waals surface area (Å²) in [5.41, 5.74) is 0.905. The van der Waals surface area contributed by atoms with Gasteiger partial charge in [-0.1, -0.05) is 11.6 Å². The molecule has 0 saturated carbocycles. The number of hydrogen-bond donors (Lipinski definition) is 1. The third-order valence-electron chi connectivity index (χ3n) is 2.54. The number of hydrogen-bond acceptors (Lipinski definition) is 5. The van der Waals surface area contributed by atoms with E-state index in [9.17, 15) is 0 Å². The van der Waals surface area contributed by atoms with Crippen molar-refractivity contribution in [2.75, 3.05) is 18.5 Å². The van der Waals surface area contributed by atoms with Gasteiger partial charge in [-0.25, -0.2) is 4.98 Å². The number of halogens is 1. The van der Waals surface area contributed by atoms with Crippen LogP contribution >= 0.6 is 22.9 Å². The molecule has 0 unspecified atom stereocenters. The predicted molar refractivity (Wildman–Crippen MR) is 83.2 cm³/mol. The summed E-state index contributed by atoms with van der Waals surface area (Å²) < 4.78 is 11.7. The van der Waals surface area contributed by atoms with E-state index < -0.39 is 0 Å². The third kappa shape index (κ3) is 4.02. The molecular weight excluding hydrogens is 296 g/mol. The smallest absolute Gasteiger partial charge is 0.183 e. The molecule has 1 aromatic heterocycles. The summed E-state index contributed by atoms with van der Waals surface area (Å²) in [5, 5.41) is 3.33. The van der Waals surface area contributed by atoms with Crippen LogP contribution in [-0.2, 0) is 6.54 Å². The molecule has 20 heavy (non-hydrogen) atoms. The average molecular weight is 313 g/mol. The van der Waals surface area contributed by atoms with Crippen LogP contribution in [0.5, 0.6) is 11.5 Å². The highest BCUT2D eigenvalue weighted by Gasteiger charge is 2.07. The number of ether oxygens (including phenoxy) is 2. The van der Waals surface area contributed by atoms with E-state index in [4.69, 9.17) is 21.1 Å². The molecule has 0 aliphatic rings. The number of thiazole rings is 1. The number of nitrogens with one attached hydrogen (secondary N) is 1. The van der Waals surface area contributed by atoms with E-state index in [0.29, 0.717) is 24.2 Å². The lowest BCUT2D eigenvalue weighted by Crippen LogP contribution is -2.02. The van der Waals surface area contributed by atoms with Crippen molar-refractivity contribution in [2.24, 2.45) is 0 Å². The van der Waals surface area contributed by atoms with Gasteiger partial charge in [0.15, 0.2) is 4.47 Å². The maximum Gasteiger partial charge on any atom is 0.183 e. The fraction of sp³-hybridized carbons (Fsp3) is 0.357. The quantitative estimate of drug-likeness (QED) is 0.832. The van der Waals surface area contributed by atoms with Gasteiger partial charge in [0, 0.05) is 17.1 Å². The summed E-state index contributed by atoms with van der Waals surface area (Å²) >= 11 is 7.28. The standard InChI is InChI=1S/C14H17ClN2O2S/c1-3-18-10-5-6-13(19-4-2)12(7-10)16-8-11-9-17-14(15)20-11/h5-7,9,16H,3-4,8H2,1-2H3. The second kappa shape index (κ2) is 7.36. The summed E-state index contributed by atoms with van der Waals surface area (Å²) in [6, 6.07) is 5.76. The summed E-state index contributed by atoms with van der Waals surface area (Å²) in [6.07, 6.45) is 1.77. The zero-order valence-corrected chi connectivity index (χ0v) is 13.1. The molecule has 0 spiro atoms. The maximum absolute atomic E-state index is 5.82. The molecule has 4 nitrogen and oxygen atoms in total. The van der Waals surface area contributed by atoms with Crippen LogP contribution in [0.1, 0.15) is 18.7 Å². The van der Waals surface area contributed by atoms with Crippen LogP contribution in [0.4, 0.5) is 5.69 Å². The van der Waals surface area contributed by atoms with E-state index in [0.717, 1.165) is 22.1 Å². The Labute approximate surface area is 127 Å². The van der Waals surface area contributed by atoms with Crippen molar-refractivity contribution < 1.29 is 9.47 Å². The molecule has 0 aliphatic carbocycles. The van der Waals surface area contributed by atoms with E-state index in [1.54, 1.807) is 6.20 Å². The molecule has 0 saturated heterocycles. The van der Waals surface area contributed by atoms with Crippen molar-refractivity contribution in [3.05, 3.63) is 33.7 Å². The van der Waals surface area contributed by atoms with Crippen molar-refractivity contribution in [3.8, 4) is 11.5 Å². The van der Waals surface area contributed by atoms with Gasteiger partial charge in [0.05, 0.1) is 25.4 Å². The lowest BCUT2D eigenvalue weighted by molar-refractivity contribution is 0.332. The van der Waals surface area contributed by atoms with Gasteiger partial charge < -0.3 is 14.8 Å². The first-order valence-corrected chi connectivity index (χ1v) is 7.66. The minimum absolute atomic E-state index is 0.551. The van der Waals surface area contributed by atoms with Gasteiger partial charge in [0.2, 0.25) is 0 Å². The molecular formula is C14H17ClN2O2S. The Balaban J connectivity index is 2.11. The van der Waals surface area contributed by atoms with Crippen molar-refractivity contribution in [1.29, 1.82) is 0 Å². The largest absolute Gasteiger partial charge is 0.494 e. The zero-order chi connectivity index (χ0) is 14.4. The Hall–Kier alpha value is -1.46. The first kappa shape index (κ1) is 14.9. The van der Waals surface area contributed by atoms with Crippen LogP contribution in [-0.4, -0.2) is 18.2 Å². The molecule has 108 valence electrons. The summed E-state index contributed by atoms with van der Waals surface area (Å²) in [5.74, 6) is 1.63. The van der Waals surface area contributed by atoms with Crippen LogP contribution in [0.15, 0.2) is 24.4 Å². The van der Waals surface area contributed by atoms with E-state index >= 15 is 0 Å². The number of benzene rings is 1. The molecule has 2 rings (SSSR count). The van der Waals surface area contributed by atoms with Crippen LogP contribution in [0.2, 0.25) is 4.47 Å². The van der Waals surface area contributed by atoms with Crippen LogP contribution in [0, 0.1) is 0 Å². The molecule has 0 aliphatic heterocycles. The van der Waals surface area contributed by atoms with Gasteiger partial charge in [-0.05, 0) is 26.0 Å². The normalized spacial score (nSPS) is 10.3. The Morgan fingerprint density at radius 2 is 2.05 bits per heavy atom. The lowest BCUT2D eigenvalue weighted by atomic mass is 10.2. The van der Waals surface area contributed by atoms with Gasteiger partial charge in [0.25, 0.3) is 0 Å². The van der Waals surface area contributed by atoms with Gasteiger partial charge in [-0.3, -0.25) is 0 Å². The first-order valence-electron chi connectivity index (χ1n) is 6.46. The highest BCUT2D eigenvalue weighted by atomic mass is 35.5. The molecule has 6 heteroatoms. The molecule has 1 heterocycles. The zero-order valence-electron chi connectivity index (χ0n) is 11.5. The maximum atomic E-state index is 5.82. The van der Waals surface area contributed by atoms with Crippen molar-refractivity contribution >= 4 is 28.6 Å². The summed E-state index contributed by atoms with van der Waals surface area (Å²) in [7, 11) is 0. The van der Waals surface area contributed by atoms with E-state index in [2.05, 4.69) is 10.3 Å². The van der Waals surface area contributed by atoms with Crippen LogP contribution < -0.4 is 14.8 Å². The molecule has 1 aromatic carbocycles. The van der Waals surface area contributed by atoms with Crippen LogP contribution in [0.25, 0.3) is 0 Å². The SMILES string of the molecule is CCOc1ccc(OCC)c(NCc2cnc(Cl)s2)c1. The second-order valence-electron chi connectivity index (χ2n) is 3.96. The van der Waals surface area contributed by atoms with Crippen LogP contribution in [0.3, 0.4) is 0 Å². The molecule has 1 N–H and O–H groups in total. The van der Waals surface area contributed by atoms with Crippen molar-refractivity contribution in [3.63, 3.8) is 0 Å². The van der Waals surface area contributed by atoms with E-state index in [1.807, 2.05) is 32.0 Å². The number of rotatable bonds is 7. The molecule has 0 radical (unpaired) electrons. The Kier molecular flexibility index (Phi) is 5.49. The number of aromatic nitrogens is 1. The van der Waals surface area contributed by atoms with E-state index in [1.165, 1.54) is 11.3 Å². The Morgan fingerprint density at radius 1 is 1.25 bits per heavy atom. The van der Waals surface area contributed by atoms with Gasteiger partial charge in [0.1, 0.15) is 11.5 Å². The lowest BCUT2D eigenvalue weighted by Gasteiger charge is -2.13. The fourth-order valence-electron chi connectivity index (χ4n) is 1.73. The highest BCUT2D eigenvalue weighted by Crippen LogP contribution is 2.30. The molecule has 0 atom stereocenters. The molecule has 0 bridgehead atoms. The highest BCUT2D eigenvalue weighted by molar-refractivity contribution is 7.15. The molecule has 0 amide bonds. The Morgan fingerprint density at radius 3 is 2.70 bits per heavy atom. The molecule has 2 aromatic rings.